The van der Waals surface area contributed by atoms with E-state index in [9.17, 15) is 22.8 Å². The van der Waals surface area contributed by atoms with Gasteiger partial charge in [-0.15, -0.1) is 16.4 Å². The quantitative estimate of drug-likeness (QED) is 0.383. The number of hydrogen-bond acceptors (Lipinski definition) is 5. The minimum absolute atomic E-state index is 0.123. The van der Waals surface area contributed by atoms with Crippen molar-refractivity contribution in [3.8, 4) is 16.4 Å². The Kier molecular flexibility index (Phi) is 6.97. The molecule has 0 saturated carbocycles. The lowest BCUT2D eigenvalue weighted by molar-refractivity contribution is -0.137. The van der Waals surface area contributed by atoms with Crippen LogP contribution in [0, 0.1) is 0 Å². The molecule has 1 N–H and O–H groups in total. The minimum Gasteiger partial charge on any atom is -0.327 e. The van der Waals surface area contributed by atoms with Gasteiger partial charge in [-0.3, -0.25) is 9.59 Å². The topological polar surface area (TPSA) is 80.1 Å². The summed E-state index contributed by atoms with van der Waals surface area (Å²) in [6, 6.07) is 17.5. The first-order chi connectivity index (χ1) is 16.8. The van der Waals surface area contributed by atoms with E-state index >= 15 is 0 Å². The standard InChI is InChI=1S/C24H20F3N5O2S/c1-2-31(15-20(33)28-18-12-7-6-11-17(18)24(25,26)27)23(34)21-29-22(19-13-8-14-35-19)32(30-21)16-9-4-3-5-10-16/h3-14H,2,15H2,1H3,(H,28,33). The number of halogens is 3. The summed E-state index contributed by atoms with van der Waals surface area (Å²) in [6.45, 7) is 1.32. The predicted octanol–water partition coefficient (Wildman–Crippen LogP) is 5.12. The normalized spacial score (nSPS) is 11.3. The molecule has 0 atom stereocenters. The molecule has 0 aliphatic rings. The Morgan fingerprint density at radius 3 is 2.40 bits per heavy atom. The van der Waals surface area contributed by atoms with Gasteiger partial charge in [-0.25, -0.2) is 9.67 Å². The van der Waals surface area contributed by atoms with Gasteiger partial charge in [-0.1, -0.05) is 36.4 Å². The molecule has 180 valence electrons. The van der Waals surface area contributed by atoms with Gasteiger partial charge in [0.1, 0.15) is 6.54 Å². The second-order valence-electron chi connectivity index (χ2n) is 7.39. The maximum atomic E-state index is 13.2. The zero-order valence-electron chi connectivity index (χ0n) is 18.5. The Balaban J connectivity index is 1.57. The lowest BCUT2D eigenvalue weighted by Crippen LogP contribution is -2.38. The monoisotopic (exact) mass is 499 g/mol. The third-order valence-corrected chi connectivity index (χ3v) is 5.92. The molecular formula is C24H20F3N5O2S. The van der Waals surface area contributed by atoms with Crippen LogP contribution in [-0.2, 0) is 11.0 Å². The Morgan fingerprint density at radius 1 is 1.03 bits per heavy atom. The van der Waals surface area contributed by atoms with Gasteiger partial charge < -0.3 is 10.2 Å². The second kappa shape index (κ2) is 10.1. The van der Waals surface area contributed by atoms with E-state index in [1.165, 1.54) is 28.4 Å². The average molecular weight is 500 g/mol. The first-order valence-electron chi connectivity index (χ1n) is 10.6. The Bertz CT molecular complexity index is 1320. The summed E-state index contributed by atoms with van der Waals surface area (Å²) < 4.78 is 41.3. The van der Waals surface area contributed by atoms with Crippen LogP contribution in [-0.4, -0.2) is 44.6 Å². The molecule has 4 aromatic rings. The number of carbonyl (C=O) groups is 2. The van der Waals surface area contributed by atoms with Crippen molar-refractivity contribution in [1.29, 1.82) is 0 Å². The lowest BCUT2D eigenvalue weighted by Gasteiger charge is -2.19. The van der Waals surface area contributed by atoms with E-state index in [2.05, 4.69) is 15.4 Å². The number of rotatable bonds is 7. The number of alkyl halides is 3. The number of likely N-dealkylation sites (N-methyl/N-ethyl adjacent to an activating group) is 1. The van der Waals surface area contributed by atoms with Gasteiger partial charge in [-0.05, 0) is 42.6 Å². The number of amides is 2. The fraction of sp³-hybridized carbons (Fsp3) is 0.167. The van der Waals surface area contributed by atoms with E-state index in [0.29, 0.717) is 11.5 Å². The largest absolute Gasteiger partial charge is 0.418 e. The molecule has 2 aromatic heterocycles. The summed E-state index contributed by atoms with van der Waals surface area (Å²) in [6.07, 6.45) is -4.63. The van der Waals surface area contributed by atoms with Crippen LogP contribution in [0.3, 0.4) is 0 Å². The summed E-state index contributed by atoms with van der Waals surface area (Å²) in [7, 11) is 0. The maximum Gasteiger partial charge on any atom is 0.418 e. The van der Waals surface area contributed by atoms with Gasteiger partial charge in [-0.2, -0.15) is 13.2 Å². The smallest absolute Gasteiger partial charge is 0.327 e. The molecule has 2 amide bonds. The third kappa shape index (κ3) is 5.40. The molecule has 0 saturated heterocycles. The molecule has 2 heterocycles. The van der Waals surface area contributed by atoms with Crippen molar-refractivity contribution in [2.45, 2.75) is 13.1 Å². The van der Waals surface area contributed by atoms with Crippen LogP contribution in [0.4, 0.5) is 18.9 Å². The minimum atomic E-state index is -4.63. The number of anilines is 1. The number of thiophene rings is 1. The fourth-order valence-corrected chi connectivity index (χ4v) is 4.09. The number of carbonyl (C=O) groups excluding carboxylic acids is 2. The first kappa shape index (κ1) is 24.1. The molecule has 0 unspecified atom stereocenters. The Hall–Kier alpha value is -3.99. The molecular weight excluding hydrogens is 479 g/mol. The molecule has 0 bridgehead atoms. The van der Waals surface area contributed by atoms with Crippen molar-refractivity contribution < 1.29 is 22.8 Å². The molecule has 0 spiro atoms. The highest BCUT2D eigenvalue weighted by atomic mass is 32.1. The van der Waals surface area contributed by atoms with Crippen molar-refractivity contribution in [1.82, 2.24) is 19.7 Å². The summed E-state index contributed by atoms with van der Waals surface area (Å²) in [5.41, 5.74) is -0.640. The SMILES string of the molecule is CCN(CC(=O)Nc1ccccc1C(F)(F)F)C(=O)c1nc(-c2cccs2)n(-c2ccccc2)n1. The summed E-state index contributed by atoms with van der Waals surface area (Å²) >= 11 is 1.43. The molecule has 0 radical (unpaired) electrons. The van der Waals surface area contributed by atoms with E-state index in [4.69, 9.17) is 0 Å². The van der Waals surface area contributed by atoms with E-state index in [1.54, 1.807) is 11.6 Å². The van der Waals surface area contributed by atoms with Crippen LogP contribution in [0.1, 0.15) is 23.1 Å². The highest BCUT2D eigenvalue weighted by Crippen LogP contribution is 2.34. The number of nitrogens with one attached hydrogen (secondary N) is 1. The maximum absolute atomic E-state index is 13.2. The van der Waals surface area contributed by atoms with E-state index in [-0.39, 0.29) is 18.1 Å². The molecule has 2 aromatic carbocycles. The summed E-state index contributed by atoms with van der Waals surface area (Å²) in [4.78, 5) is 32.1. The van der Waals surface area contributed by atoms with Crippen LogP contribution in [0.2, 0.25) is 0 Å². The third-order valence-electron chi connectivity index (χ3n) is 5.05. The number of hydrogen-bond donors (Lipinski definition) is 1. The molecule has 7 nitrogen and oxygen atoms in total. The van der Waals surface area contributed by atoms with Crippen LogP contribution >= 0.6 is 11.3 Å². The molecule has 0 fully saturated rings. The molecule has 11 heteroatoms. The Morgan fingerprint density at radius 2 is 1.74 bits per heavy atom. The molecule has 0 aliphatic heterocycles. The highest BCUT2D eigenvalue weighted by molar-refractivity contribution is 7.13. The Labute approximate surface area is 202 Å². The summed E-state index contributed by atoms with van der Waals surface area (Å²) in [5.74, 6) is -1.03. The van der Waals surface area contributed by atoms with Crippen molar-refractivity contribution >= 4 is 28.8 Å². The van der Waals surface area contributed by atoms with Gasteiger partial charge in [0.25, 0.3) is 5.91 Å². The van der Waals surface area contributed by atoms with Crippen molar-refractivity contribution in [2.24, 2.45) is 0 Å². The fourth-order valence-electron chi connectivity index (χ4n) is 3.39. The number of para-hydroxylation sites is 2. The van der Waals surface area contributed by atoms with Crippen LogP contribution < -0.4 is 5.32 Å². The average Bonchev–Trinajstić information content (AvgIpc) is 3.52. The summed E-state index contributed by atoms with van der Waals surface area (Å²) in [5, 5.41) is 8.52. The van der Waals surface area contributed by atoms with Gasteiger partial charge in [0.05, 0.1) is 21.8 Å². The van der Waals surface area contributed by atoms with Crippen LogP contribution in [0.5, 0.6) is 0 Å². The van der Waals surface area contributed by atoms with Crippen LogP contribution in [0.15, 0.2) is 72.1 Å². The number of benzene rings is 2. The van der Waals surface area contributed by atoms with Crippen LogP contribution in [0.25, 0.3) is 16.4 Å². The predicted molar refractivity (Wildman–Crippen MR) is 126 cm³/mol. The van der Waals surface area contributed by atoms with Gasteiger partial charge in [0.2, 0.25) is 11.7 Å². The molecule has 0 aliphatic carbocycles. The molecule has 4 rings (SSSR count). The number of aromatic nitrogens is 3. The van der Waals surface area contributed by atoms with Gasteiger partial charge >= 0.3 is 6.18 Å². The van der Waals surface area contributed by atoms with Crippen molar-refractivity contribution in [3.63, 3.8) is 0 Å². The van der Waals surface area contributed by atoms with Gasteiger partial charge in [0, 0.05) is 6.54 Å². The lowest BCUT2D eigenvalue weighted by atomic mass is 10.1. The molecule has 35 heavy (non-hydrogen) atoms. The second-order valence-corrected chi connectivity index (χ2v) is 8.34. The highest BCUT2D eigenvalue weighted by Gasteiger charge is 2.34. The van der Waals surface area contributed by atoms with Crippen molar-refractivity contribution in [2.75, 3.05) is 18.4 Å². The zero-order valence-corrected chi connectivity index (χ0v) is 19.3. The zero-order chi connectivity index (χ0) is 25.0. The van der Waals surface area contributed by atoms with E-state index < -0.39 is 30.1 Å². The number of nitrogens with zero attached hydrogens (tertiary/aromatic N) is 4. The first-order valence-corrected chi connectivity index (χ1v) is 11.5. The van der Waals surface area contributed by atoms with E-state index in [1.807, 2.05) is 47.8 Å². The van der Waals surface area contributed by atoms with Gasteiger partial charge in [0.15, 0.2) is 5.82 Å². The van der Waals surface area contributed by atoms with E-state index in [0.717, 1.165) is 17.0 Å². The van der Waals surface area contributed by atoms with Crippen molar-refractivity contribution in [3.05, 3.63) is 83.5 Å².